The van der Waals surface area contributed by atoms with Crippen LogP contribution in [-0.4, -0.2) is 35.4 Å². The van der Waals surface area contributed by atoms with Crippen LogP contribution in [0.25, 0.3) is 0 Å². The number of esters is 1. The van der Waals surface area contributed by atoms with Gasteiger partial charge in [-0.2, -0.15) is 0 Å². The van der Waals surface area contributed by atoms with Gasteiger partial charge in [0.1, 0.15) is 5.41 Å². The molecule has 6 heteroatoms. The van der Waals surface area contributed by atoms with Gasteiger partial charge in [-0.1, -0.05) is 24.3 Å². The number of carbonyl (C=O) groups is 2. The Hall–Kier alpha value is -2.73. The van der Waals surface area contributed by atoms with Gasteiger partial charge in [0.15, 0.2) is 11.6 Å². The lowest BCUT2D eigenvalue weighted by molar-refractivity contribution is -0.150. The first-order valence-electron chi connectivity index (χ1n) is 8.36. The lowest BCUT2D eigenvalue weighted by Crippen LogP contribution is -2.59. The Morgan fingerprint density at radius 1 is 1.20 bits per heavy atom. The maximum atomic E-state index is 13.3. The predicted octanol–water partition coefficient (Wildman–Crippen LogP) is 1.85. The second-order valence-electron chi connectivity index (χ2n) is 6.89. The molecule has 2 saturated heterocycles. The number of hydrogen-bond donors (Lipinski definition) is 1. The van der Waals surface area contributed by atoms with Crippen LogP contribution in [0.15, 0.2) is 48.7 Å². The van der Waals surface area contributed by atoms with Crippen LogP contribution in [0.4, 0.5) is 5.69 Å². The number of benzene rings is 1. The van der Waals surface area contributed by atoms with E-state index in [1.54, 1.807) is 6.20 Å². The van der Waals surface area contributed by atoms with E-state index in [0.717, 1.165) is 5.56 Å². The van der Waals surface area contributed by atoms with Crippen molar-refractivity contribution in [3.63, 3.8) is 0 Å². The van der Waals surface area contributed by atoms with Gasteiger partial charge in [-0.15, -0.1) is 0 Å². The molecule has 0 spiro atoms. The van der Waals surface area contributed by atoms with Gasteiger partial charge < -0.3 is 10.1 Å². The molecule has 0 aliphatic carbocycles. The van der Waals surface area contributed by atoms with E-state index in [1.807, 2.05) is 54.4 Å². The summed E-state index contributed by atoms with van der Waals surface area (Å²) in [6, 6.07) is 13.0. The van der Waals surface area contributed by atoms with Crippen molar-refractivity contribution in [3.05, 3.63) is 59.9 Å². The van der Waals surface area contributed by atoms with Crippen molar-refractivity contribution in [1.29, 1.82) is 0 Å². The van der Waals surface area contributed by atoms with Crippen molar-refractivity contribution in [2.24, 2.45) is 5.41 Å². The zero-order valence-electron chi connectivity index (χ0n) is 13.7. The molecule has 4 heterocycles. The van der Waals surface area contributed by atoms with E-state index in [4.69, 9.17) is 4.74 Å². The minimum Gasteiger partial charge on any atom is -0.453 e. The number of ether oxygens (including phenoxy) is 1. The highest BCUT2D eigenvalue weighted by atomic mass is 16.6. The molecule has 0 saturated carbocycles. The van der Waals surface area contributed by atoms with Gasteiger partial charge in [0.25, 0.3) is 0 Å². The molecule has 5 rings (SSSR count). The minimum atomic E-state index is -1.10. The molecule has 1 amide bonds. The van der Waals surface area contributed by atoms with Crippen molar-refractivity contribution in [2.45, 2.75) is 18.1 Å². The molecule has 1 aromatic carbocycles. The standard InChI is InChI=1S/C19H17N3O3/c1-22-11-9-18-15(14-8-4-5-10-20-14)25-17(24)19(18,22)12-6-2-3-7-13(12)21-16(18)23/h2-8,10,15H,9,11H2,1H3,(H,21,23)/t15-,18-,19+/m1/s1. The molecule has 0 radical (unpaired) electrons. The smallest absolute Gasteiger partial charge is 0.333 e. The third-order valence-electron chi connectivity index (χ3n) is 5.95. The summed E-state index contributed by atoms with van der Waals surface area (Å²) in [5, 5.41) is 3.00. The van der Waals surface area contributed by atoms with Crippen LogP contribution in [0.3, 0.4) is 0 Å². The Balaban J connectivity index is 1.83. The molecule has 126 valence electrons. The number of anilines is 1. The second-order valence-corrected chi connectivity index (χ2v) is 6.89. The summed E-state index contributed by atoms with van der Waals surface area (Å²) in [5.74, 6) is -0.539. The average Bonchev–Trinajstić information content (AvgIpc) is 3.10. The Morgan fingerprint density at radius 2 is 2.00 bits per heavy atom. The number of amides is 1. The molecule has 3 aliphatic rings. The topological polar surface area (TPSA) is 71.5 Å². The summed E-state index contributed by atoms with van der Waals surface area (Å²) in [6.07, 6.45) is 1.50. The quantitative estimate of drug-likeness (QED) is 0.805. The van der Waals surface area contributed by atoms with E-state index < -0.39 is 17.1 Å². The Labute approximate surface area is 144 Å². The third-order valence-corrected chi connectivity index (χ3v) is 5.95. The van der Waals surface area contributed by atoms with Gasteiger partial charge in [0, 0.05) is 24.0 Å². The van der Waals surface area contributed by atoms with Crippen LogP contribution in [0.5, 0.6) is 0 Å². The molecule has 1 aromatic heterocycles. The third kappa shape index (κ3) is 1.47. The van der Waals surface area contributed by atoms with Crippen molar-refractivity contribution >= 4 is 17.6 Å². The van der Waals surface area contributed by atoms with E-state index in [9.17, 15) is 9.59 Å². The van der Waals surface area contributed by atoms with E-state index in [0.29, 0.717) is 24.3 Å². The molecule has 6 nitrogen and oxygen atoms in total. The zero-order valence-corrected chi connectivity index (χ0v) is 13.7. The lowest BCUT2D eigenvalue weighted by atomic mass is 9.61. The number of carbonyl (C=O) groups excluding carboxylic acids is 2. The number of fused-ring (bicyclic) bond motifs is 1. The SMILES string of the molecule is CN1CC[C@@]23C(=O)Nc4ccccc4[C@@]12C(=O)O[C@@H]3c1ccccn1. The van der Waals surface area contributed by atoms with Gasteiger partial charge in [-0.25, -0.2) is 4.79 Å². The Morgan fingerprint density at radius 3 is 2.80 bits per heavy atom. The molecular weight excluding hydrogens is 318 g/mol. The normalized spacial score (nSPS) is 33.2. The van der Waals surface area contributed by atoms with Gasteiger partial charge in [-0.05, 0) is 31.7 Å². The van der Waals surface area contributed by atoms with Crippen LogP contribution in [-0.2, 0) is 19.9 Å². The summed E-state index contributed by atoms with van der Waals surface area (Å²) in [4.78, 5) is 32.9. The van der Waals surface area contributed by atoms with Crippen molar-refractivity contribution in [1.82, 2.24) is 9.88 Å². The number of likely N-dealkylation sites (N-methyl/N-ethyl adjacent to an activating group) is 1. The van der Waals surface area contributed by atoms with Gasteiger partial charge in [-0.3, -0.25) is 14.7 Å². The molecule has 1 N–H and O–H groups in total. The number of nitrogens with zero attached hydrogens (tertiary/aromatic N) is 2. The fraction of sp³-hybridized carbons (Fsp3) is 0.316. The Kier molecular flexibility index (Phi) is 2.73. The fourth-order valence-corrected chi connectivity index (χ4v) is 4.92. The van der Waals surface area contributed by atoms with Gasteiger partial charge >= 0.3 is 5.97 Å². The van der Waals surface area contributed by atoms with Crippen molar-refractivity contribution in [2.75, 3.05) is 18.9 Å². The maximum Gasteiger partial charge on any atom is 0.333 e. The molecule has 2 aromatic rings. The molecular formula is C19H17N3O3. The monoisotopic (exact) mass is 335 g/mol. The predicted molar refractivity (Wildman–Crippen MR) is 89.5 cm³/mol. The van der Waals surface area contributed by atoms with E-state index in [-0.39, 0.29) is 11.9 Å². The molecule has 25 heavy (non-hydrogen) atoms. The maximum absolute atomic E-state index is 13.3. The van der Waals surface area contributed by atoms with Gasteiger partial charge in [0.05, 0.1) is 5.69 Å². The summed E-state index contributed by atoms with van der Waals surface area (Å²) >= 11 is 0. The van der Waals surface area contributed by atoms with Crippen LogP contribution < -0.4 is 5.32 Å². The number of nitrogens with one attached hydrogen (secondary N) is 1. The second kappa shape index (κ2) is 4.67. The van der Waals surface area contributed by atoms with Crippen LogP contribution in [0.2, 0.25) is 0 Å². The summed E-state index contributed by atoms with van der Waals surface area (Å²) < 4.78 is 5.84. The molecule has 3 aliphatic heterocycles. The Bertz CT molecular complexity index is 900. The minimum absolute atomic E-state index is 0.169. The van der Waals surface area contributed by atoms with Crippen LogP contribution in [0.1, 0.15) is 23.8 Å². The number of hydrogen-bond acceptors (Lipinski definition) is 5. The first-order chi connectivity index (χ1) is 12.1. The van der Waals surface area contributed by atoms with Crippen LogP contribution >= 0.6 is 0 Å². The summed E-state index contributed by atoms with van der Waals surface area (Å²) in [6.45, 7) is 0.639. The highest BCUT2D eigenvalue weighted by molar-refractivity contribution is 6.09. The zero-order chi connectivity index (χ0) is 17.2. The number of pyridine rings is 1. The number of likely N-dealkylation sites (tertiary alicyclic amines) is 1. The number of rotatable bonds is 1. The fourth-order valence-electron chi connectivity index (χ4n) is 4.92. The first kappa shape index (κ1) is 14.6. The van der Waals surface area contributed by atoms with E-state index in [2.05, 4.69) is 10.3 Å². The molecule has 2 fully saturated rings. The number of aromatic nitrogens is 1. The molecule has 0 unspecified atom stereocenters. The summed E-state index contributed by atoms with van der Waals surface area (Å²) in [5.41, 5.74) is -0.0218. The highest BCUT2D eigenvalue weighted by Crippen LogP contribution is 2.66. The molecule has 0 bridgehead atoms. The van der Waals surface area contributed by atoms with Crippen molar-refractivity contribution < 1.29 is 14.3 Å². The molecule has 3 atom stereocenters. The largest absolute Gasteiger partial charge is 0.453 e. The summed E-state index contributed by atoms with van der Waals surface area (Å²) in [7, 11) is 1.89. The average molecular weight is 335 g/mol. The first-order valence-corrected chi connectivity index (χ1v) is 8.36. The van der Waals surface area contributed by atoms with Gasteiger partial charge in [0.2, 0.25) is 5.91 Å². The lowest BCUT2D eigenvalue weighted by Gasteiger charge is -2.44. The van der Waals surface area contributed by atoms with E-state index in [1.165, 1.54) is 0 Å². The highest BCUT2D eigenvalue weighted by Gasteiger charge is 2.79. The van der Waals surface area contributed by atoms with E-state index >= 15 is 0 Å². The number of cyclic esters (lactones) is 1. The number of para-hydroxylation sites is 1. The van der Waals surface area contributed by atoms with Crippen LogP contribution in [0, 0.1) is 5.41 Å². The van der Waals surface area contributed by atoms with Crippen molar-refractivity contribution in [3.8, 4) is 0 Å².